The topological polar surface area (TPSA) is 76.9 Å². The number of rotatable bonds is 4. The molecule has 0 radical (unpaired) electrons. The Hall–Kier alpha value is -3.03. The van der Waals surface area contributed by atoms with Crippen molar-refractivity contribution < 1.29 is 4.79 Å². The fourth-order valence-corrected chi connectivity index (χ4v) is 4.04. The van der Waals surface area contributed by atoms with Crippen molar-refractivity contribution in [1.82, 2.24) is 15.0 Å². The summed E-state index contributed by atoms with van der Waals surface area (Å²) in [6.45, 7) is 3.49. The fourth-order valence-electron chi connectivity index (χ4n) is 2.89. The average molecular weight is 425 g/mol. The van der Waals surface area contributed by atoms with Gasteiger partial charge in [-0.2, -0.15) is 4.68 Å². The highest BCUT2D eigenvalue weighted by molar-refractivity contribution is 7.21. The summed E-state index contributed by atoms with van der Waals surface area (Å²) >= 11 is 7.51. The van der Waals surface area contributed by atoms with Crippen LogP contribution in [0.4, 0.5) is 5.69 Å². The number of hydrogen-bond acceptors (Lipinski definition) is 5. The number of fused-ring (bicyclic) bond motifs is 1. The Morgan fingerprint density at radius 3 is 2.66 bits per heavy atom. The zero-order chi connectivity index (χ0) is 20.5. The van der Waals surface area contributed by atoms with Crippen LogP contribution >= 0.6 is 22.9 Å². The van der Waals surface area contributed by atoms with E-state index in [-0.39, 0.29) is 11.5 Å². The highest BCUT2D eigenvalue weighted by atomic mass is 35.5. The second-order valence-electron chi connectivity index (χ2n) is 6.66. The lowest BCUT2D eigenvalue weighted by Gasteiger charge is -2.13. The normalized spacial score (nSPS) is 12.1. The van der Waals surface area contributed by atoms with Crippen molar-refractivity contribution in [3.63, 3.8) is 0 Å². The van der Waals surface area contributed by atoms with Gasteiger partial charge in [0, 0.05) is 15.6 Å². The summed E-state index contributed by atoms with van der Waals surface area (Å²) in [5, 5.41) is 11.9. The fraction of sp³-hybridized carbons (Fsp3) is 0.143. The summed E-state index contributed by atoms with van der Waals surface area (Å²) in [7, 11) is 0. The molecule has 0 spiro atoms. The predicted molar refractivity (Wildman–Crippen MR) is 117 cm³/mol. The van der Waals surface area contributed by atoms with E-state index in [9.17, 15) is 9.59 Å². The molecule has 1 N–H and O–H groups in total. The Morgan fingerprint density at radius 1 is 1.17 bits per heavy atom. The first-order chi connectivity index (χ1) is 13.9. The average Bonchev–Trinajstić information content (AvgIpc) is 3.16. The van der Waals surface area contributed by atoms with E-state index in [1.54, 1.807) is 25.1 Å². The van der Waals surface area contributed by atoms with Crippen molar-refractivity contribution in [2.45, 2.75) is 19.9 Å². The van der Waals surface area contributed by atoms with Crippen molar-refractivity contribution in [2.24, 2.45) is 0 Å². The number of amides is 1. The number of aromatic nitrogens is 3. The van der Waals surface area contributed by atoms with Gasteiger partial charge in [-0.05, 0) is 43.2 Å². The number of carbonyl (C=O) groups excluding carboxylic acids is 1. The van der Waals surface area contributed by atoms with Gasteiger partial charge in [0.15, 0.2) is 4.83 Å². The van der Waals surface area contributed by atoms with Crippen LogP contribution in [0.25, 0.3) is 20.7 Å². The van der Waals surface area contributed by atoms with Gasteiger partial charge in [0.2, 0.25) is 5.91 Å². The first kappa shape index (κ1) is 19.3. The SMILES string of the molecule is Cc1ccc(NC(=O)[C@@H](C)n2nnc3sc(-c4ccccc4)cc3c2=O)cc1Cl. The summed E-state index contributed by atoms with van der Waals surface area (Å²) < 4.78 is 1.11. The van der Waals surface area contributed by atoms with E-state index >= 15 is 0 Å². The van der Waals surface area contributed by atoms with Crippen LogP contribution in [0.15, 0.2) is 59.4 Å². The number of benzene rings is 2. The highest BCUT2D eigenvalue weighted by Gasteiger charge is 2.21. The van der Waals surface area contributed by atoms with Crippen LogP contribution < -0.4 is 10.9 Å². The van der Waals surface area contributed by atoms with Crippen LogP contribution in [0.3, 0.4) is 0 Å². The number of nitrogens with one attached hydrogen (secondary N) is 1. The van der Waals surface area contributed by atoms with E-state index in [2.05, 4.69) is 15.6 Å². The first-order valence-electron chi connectivity index (χ1n) is 8.95. The van der Waals surface area contributed by atoms with Gasteiger partial charge in [0.1, 0.15) is 6.04 Å². The lowest BCUT2D eigenvalue weighted by atomic mass is 10.2. The maximum atomic E-state index is 12.9. The molecule has 6 nitrogen and oxygen atoms in total. The molecule has 0 aliphatic heterocycles. The second-order valence-corrected chi connectivity index (χ2v) is 8.10. The molecule has 1 atom stereocenters. The van der Waals surface area contributed by atoms with Crippen LogP contribution in [0, 0.1) is 6.92 Å². The molecule has 2 heterocycles. The number of thiophene rings is 1. The Kier molecular flexibility index (Phi) is 5.17. The molecular formula is C21H17ClN4O2S. The number of hydrogen-bond donors (Lipinski definition) is 1. The maximum Gasteiger partial charge on any atom is 0.279 e. The highest BCUT2D eigenvalue weighted by Crippen LogP contribution is 2.30. The lowest BCUT2D eigenvalue weighted by Crippen LogP contribution is -2.33. The van der Waals surface area contributed by atoms with Crippen molar-refractivity contribution in [2.75, 3.05) is 5.32 Å². The molecule has 0 aliphatic rings. The van der Waals surface area contributed by atoms with Crippen molar-refractivity contribution in [1.29, 1.82) is 0 Å². The molecule has 0 fully saturated rings. The summed E-state index contributed by atoms with van der Waals surface area (Å²) in [4.78, 5) is 27.1. The molecule has 0 saturated heterocycles. The molecular weight excluding hydrogens is 408 g/mol. The molecule has 8 heteroatoms. The van der Waals surface area contributed by atoms with Gasteiger partial charge >= 0.3 is 0 Å². The van der Waals surface area contributed by atoms with E-state index in [0.29, 0.717) is 20.9 Å². The number of carbonyl (C=O) groups is 1. The van der Waals surface area contributed by atoms with E-state index in [4.69, 9.17) is 11.6 Å². The Balaban J connectivity index is 1.64. The standard InChI is InChI=1S/C21H17ClN4O2S/c1-12-8-9-15(10-17(12)22)23-19(27)13(2)26-21(28)16-11-18(29-20(16)24-25-26)14-6-4-3-5-7-14/h3-11,13H,1-2H3,(H,23,27)/t13-/m1/s1. The van der Waals surface area contributed by atoms with Crippen LogP contribution in [-0.2, 0) is 4.79 Å². The number of nitrogens with zero attached hydrogens (tertiary/aromatic N) is 3. The molecule has 1 amide bonds. The van der Waals surface area contributed by atoms with Crippen LogP contribution in [-0.4, -0.2) is 20.9 Å². The molecule has 4 aromatic rings. The quantitative estimate of drug-likeness (QED) is 0.516. The van der Waals surface area contributed by atoms with Gasteiger partial charge in [-0.3, -0.25) is 9.59 Å². The maximum absolute atomic E-state index is 12.9. The molecule has 2 aromatic carbocycles. The summed E-state index contributed by atoms with van der Waals surface area (Å²) in [5.41, 5.74) is 2.12. The number of anilines is 1. The second kappa shape index (κ2) is 7.77. The summed E-state index contributed by atoms with van der Waals surface area (Å²) in [6.07, 6.45) is 0. The van der Waals surface area contributed by atoms with Crippen LogP contribution in [0.1, 0.15) is 18.5 Å². The molecule has 0 aliphatic carbocycles. The Labute approximate surface area is 175 Å². The largest absolute Gasteiger partial charge is 0.324 e. The minimum atomic E-state index is -0.834. The minimum absolute atomic E-state index is 0.349. The van der Waals surface area contributed by atoms with Gasteiger partial charge in [-0.15, -0.1) is 16.4 Å². The van der Waals surface area contributed by atoms with Gasteiger partial charge in [0.05, 0.1) is 5.39 Å². The Bertz CT molecular complexity index is 1270. The van der Waals surface area contributed by atoms with E-state index in [1.807, 2.05) is 43.3 Å². The molecule has 0 bridgehead atoms. The molecule has 2 aromatic heterocycles. The van der Waals surface area contributed by atoms with Crippen molar-refractivity contribution >= 4 is 44.7 Å². The smallest absolute Gasteiger partial charge is 0.279 e. The van der Waals surface area contributed by atoms with Crippen molar-refractivity contribution in [3.8, 4) is 10.4 Å². The first-order valence-corrected chi connectivity index (χ1v) is 10.1. The molecule has 4 rings (SSSR count). The third-order valence-electron chi connectivity index (χ3n) is 4.63. The molecule has 146 valence electrons. The van der Waals surface area contributed by atoms with Crippen molar-refractivity contribution in [3.05, 3.63) is 75.5 Å². The predicted octanol–water partition coefficient (Wildman–Crippen LogP) is 4.68. The van der Waals surface area contributed by atoms with E-state index < -0.39 is 6.04 Å². The van der Waals surface area contributed by atoms with E-state index in [1.165, 1.54) is 11.3 Å². The van der Waals surface area contributed by atoms with Crippen LogP contribution in [0.5, 0.6) is 0 Å². The van der Waals surface area contributed by atoms with E-state index in [0.717, 1.165) is 20.7 Å². The third kappa shape index (κ3) is 3.79. The molecule has 0 saturated carbocycles. The summed E-state index contributed by atoms with van der Waals surface area (Å²) in [5.74, 6) is -0.376. The Morgan fingerprint density at radius 2 is 1.93 bits per heavy atom. The van der Waals surface area contributed by atoms with Gasteiger partial charge in [-0.1, -0.05) is 53.2 Å². The van der Waals surface area contributed by atoms with Gasteiger partial charge in [0.25, 0.3) is 5.56 Å². The molecule has 0 unspecified atom stereocenters. The third-order valence-corrected chi connectivity index (χ3v) is 6.10. The monoisotopic (exact) mass is 424 g/mol. The zero-order valence-electron chi connectivity index (χ0n) is 15.7. The zero-order valence-corrected chi connectivity index (χ0v) is 17.3. The number of aryl methyl sites for hydroxylation is 1. The van der Waals surface area contributed by atoms with Crippen LogP contribution in [0.2, 0.25) is 5.02 Å². The molecule has 29 heavy (non-hydrogen) atoms. The van der Waals surface area contributed by atoms with Gasteiger partial charge in [-0.25, -0.2) is 0 Å². The van der Waals surface area contributed by atoms with Gasteiger partial charge < -0.3 is 5.32 Å². The minimum Gasteiger partial charge on any atom is -0.324 e. The summed E-state index contributed by atoms with van der Waals surface area (Å²) in [6, 6.07) is 16.0. The lowest BCUT2D eigenvalue weighted by molar-refractivity contribution is -0.119. The number of halogens is 1.